The fourth-order valence-electron chi connectivity index (χ4n) is 2.20. The van der Waals surface area contributed by atoms with E-state index in [-0.39, 0.29) is 26.2 Å². The molecule has 0 fully saturated rings. The lowest BCUT2D eigenvalue weighted by atomic mass is 10.2. The van der Waals surface area contributed by atoms with Crippen molar-refractivity contribution in [2.45, 2.75) is 17.9 Å². The average Bonchev–Trinajstić information content (AvgIpc) is 2.57. The minimum Gasteiger partial charge on any atom is -0.480 e. The third kappa shape index (κ3) is 3.92. The fourth-order valence-corrected chi connectivity index (χ4v) is 4.19. The second kappa shape index (κ2) is 7.53. The zero-order chi connectivity index (χ0) is 19.6. The molecule has 1 unspecified atom stereocenters. The van der Waals surface area contributed by atoms with E-state index < -0.39 is 28.0 Å². The van der Waals surface area contributed by atoms with E-state index in [1.54, 1.807) is 0 Å². The molecule has 0 saturated carbocycles. The molecule has 0 radical (unpaired) electrons. The molecule has 0 aromatic heterocycles. The molecule has 0 spiro atoms. The summed E-state index contributed by atoms with van der Waals surface area (Å²) in [7, 11) is -4.36. The van der Waals surface area contributed by atoms with Crippen molar-refractivity contribution >= 4 is 50.9 Å². The number of anilines is 1. The molecule has 138 valence electrons. The Kier molecular flexibility index (Phi) is 5.80. The molecule has 0 bridgehead atoms. The molecule has 26 heavy (non-hydrogen) atoms. The number of sulfonamides is 1. The first-order valence-electron chi connectivity index (χ1n) is 7.11. The number of nitrogens with zero attached hydrogens (tertiary/aromatic N) is 1. The molecule has 2 aromatic rings. The number of hydrogen-bond acceptors (Lipinski definition) is 4. The molecule has 0 aliphatic rings. The number of carboxylic acid groups (broad SMARTS) is 2. The topological polar surface area (TPSA) is 112 Å². The molecule has 0 aliphatic heterocycles. The predicted octanol–water partition coefficient (Wildman–Crippen LogP) is 3.36. The van der Waals surface area contributed by atoms with Crippen molar-refractivity contribution in [3.8, 4) is 0 Å². The van der Waals surface area contributed by atoms with E-state index in [2.05, 4.69) is 0 Å². The molecule has 1 atom stereocenters. The molecule has 0 saturated heterocycles. The number of aliphatic carboxylic acids is 1. The van der Waals surface area contributed by atoms with Gasteiger partial charge < -0.3 is 10.2 Å². The highest BCUT2D eigenvalue weighted by Crippen LogP contribution is 2.31. The zero-order valence-corrected chi connectivity index (χ0v) is 15.6. The van der Waals surface area contributed by atoms with Gasteiger partial charge in [-0.2, -0.15) is 0 Å². The van der Waals surface area contributed by atoms with Crippen molar-refractivity contribution in [3.05, 3.63) is 58.1 Å². The van der Waals surface area contributed by atoms with Gasteiger partial charge in [0.2, 0.25) is 0 Å². The molecule has 0 amide bonds. The Labute approximate surface area is 159 Å². The van der Waals surface area contributed by atoms with Gasteiger partial charge in [0.15, 0.2) is 0 Å². The molecule has 2 aromatic carbocycles. The highest BCUT2D eigenvalue weighted by atomic mass is 35.5. The van der Waals surface area contributed by atoms with Gasteiger partial charge in [-0.05, 0) is 43.3 Å². The highest BCUT2D eigenvalue weighted by molar-refractivity contribution is 7.93. The lowest BCUT2D eigenvalue weighted by molar-refractivity contribution is -0.137. The van der Waals surface area contributed by atoms with Crippen LogP contribution in [0.3, 0.4) is 0 Å². The Bertz CT molecular complexity index is 976. The molecule has 10 heteroatoms. The van der Waals surface area contributed by atoms with Crippen LogP contribution in [-0.4, -0.2) is 36.6 Å². The second-order valence-corrected chi connectivity index (χ2v) is 7.88. The summed E-state index contributed by atoms with van der Waals surface area (Å²) < 4.78 is 26.7. The van der Waals surface area contributed by atoms with Crippen LogP contribution in [0.15, 0.2) is 47.4 Å². The van der Waals surface area contributed by atoms with Gasteiger partial charge in [-0.15, -0.1) is 0 Å². The summed E-state index contributed by atoms with van der Waals surface area (Å²) in [6, 6.07) is 7.03. The van der Waals surface area contributed by atoms with Crippen LogP contribution in [-0.2, 0) is 14.8 Å². The third-order valence-electron chi connectivity index (χ3n) is 3.50. The fraction of sp³-hybridized carbons (Fsp3) is 0.125. The lowest BCUT2D eigenvalue weighted by Crippen LogP contribution is -2.43. The first kappa shape index (κ1) is 20.0. The molecule has 0 heterocycles. The van der Waals surface area contributed by atoms with Gasteiger partial charge in [0.05, 0.1) is 26.2 Å². The largest absolute Gasteiger partial charge is 0.480 e. The van der Waals surface area contributed by atoms with Crippen LogP contribution in [0, 0.1) is 0 Å². The normalized spacial score (nSPS) is 12.4. The maximum Gasteiger partial charge on any atom is 0.335 e. The summed E-state index contributed by atoms with van der Waals surface area (Å²) in [5, 5.41) is 18.6. The van der Waals surface area contributed by atoms with Crippen LogP contribution in [0.5, 0.6) is 0 Å². The maximum absolute atomic E-state index is 13.0. The summed E-state index contributed by atoms with van der Waals surface area (Å²) >= 11 is 11.7. The highest BCUT2D eigenvalue weighted by Gasteiger charge is 2.34. The summed E-state index contributed by atoms with van der Waals surface area (Å²) in [5.41, 5.74) is -0.291. The number of carboxylic acids is 2. The van der Waals surface area contributed by atoms with Crippen LogP contribution in [0.2, 0.25) is 10.0 Å². The van der Waals surface area contributed by atoms with Crippen molar-refractivity contribution in [1.82, 2.24) is 0 Å². The van der Waals surface area contributed by atoms with Gasteiger partial charge in [-0.1, -0.05) is 29.3 Å². The van der Waals surface area contributed by atoms with Crippen LogP contribution in [0.1, 0.15) is 17.3 Å². The van der Waals surface area contributed by atoms with Crippen LogP contribution >= 0.6 is 23.2 Å². The molecular formula is C16H13Cl2NO6S. The Morgan fingerprint density at radius 3 is 2.23 bits per heavy atom. The van der Waals surface area contributed by atoms with Crippen molar-refractivity contribution in [2.24, 2.45) is 0 Å². The first-order valence-corrected chi connectivity index (χ1v) is 9.31. The molecule has 2 N–H and O–H groups in total. The Morgan fingerprint density at radius 2 is 1.69 bits per heavy atom. The van der Waals surface area contributed by atoms with E-state index in [1.807, 2.05) is 0 Å². The molecule has 0 aliphatic carbocycles. The van der Waals surface area contributed by atoms with E-state index >= 15 is 0 Å². The number of benzene rings is 2. The van der Waals surface area contributed by atoms with E-state index in [9.17, 15) is 23.1 Å². The maximum atomic E-state index is 13.0. The summed E-state index contributed by atoms with van der Waals surface area (Å²) in [5.74, 6) is -2.68. The van der Waals surface area contributed by atoms with Crippen molar-refractivity contribution in [1.29, 1.82) is 0 Å². The summed E-state index contributed by atoms with van der Waals surface area (Å²) in [4.78, 5) is 22.4. The Balaban J connectivity index is 2.68. The van der Waals surface area contributed by atoms with Crippen molar-refractivity contribution in [2.75, 3.05) is 4.31 Å². The van der Waals surface area contributed by atoms with Crippen molar-refractivity contribution < 1.29 is 28.2 Å². The molecular weight excluding hydrogens is 405 g/mol. The number of hydrogen-bond donors (Lipinski definition) is 2. The SMILES string of the molecule is CC(C(=O)O)N(c1cccc(C(=O)O)c1)S(=O)(=O)c1ccc(Cl)c(Cl)c1. The second-order valence-electron chi connectivity index (χ2n) is 5.25. The summed E-state index contributed by atoms with van der Waals surface area (Å²) in [6.07, 6.45) is 0. The number of aromatic carboxylic acids is 1. The predicted molar refractivity (Wildman–Crippen MR) is 96.6 cm³/mol. The van der Waals surface area contributed by atoms with Gasteiger partial charge in [-0.25, -0.2) is 18.0 Å². The van der Waals surface area contributed by atoms with E-state index in [0.29, 0.717) is 4.31 Å². The zero-order valence-electron chi connectivity index (χ0n) is 13.3. The van der Waals surface area contributed by atoms with E-state index in [4.69, 9.17) is 28.3 Å². The van der Waals surface area contributed by atoms with E-state index in [1.165, 1.54) is 37.3 Å². The van der Waals surface area contributed by atoms with Gasteiger partial charge in [-0.3, -0.25) is 4.31 Å². The Morgan fingerprint density at radius 1 is 1.04 bits per heavy atom. The minimum atomic E-state index is -4.36. The first-order chi connectivity index (χ1) is 12.1. The number of carbonyl (C=O) groups is 2. The Hall–Kier alpha value is -2.29. The summed E-state index contributed by atoms with van der Waals surface area (Å²) in [6.45, 7) is 1.17. The van der Waals surface area contributed by atoms with Crippen LogP contribution < -0.4 is 4.31 Å². The monoisotopic (exact) mass is 417 g/mol. The van der Waals surface area contributed by atoms with Gasteiger partial charge in [0, 0.05) is 0 Å². The van der Waals surface area contributed by atoms with Gasteiger partial charge in [0.25, 0.3) is 10.0 Å². The quantitative estimate of drug-likeness (QED) is 0.744. The molecule has 7 nitrogen and oxygen atoms in total. The van der Waals surface area contributed by atoms with Crippen LogP contribution in [0.25, 0.3) is 0 Å². The van der Waals surface area contributed by atoms with Crippen LogP contribution in [0.4, 0.5) is 5.69 Å². The average molecular weight is 418 g/mol. The standard InChI is InChI=1S/C16H13Cl2NO6S/c1-9(15(20)21)19(11-4-2-3-10(7-11)16(22)23)26(24,25)12-5-6-13(17)14(18)8-12/h2-9H,1H3,(H,20,21)(H,22,23). The van der Waals surface area contributed by atoms with Gasteiger partial charge >= 0.3 is 11.9 Å². The molecule has 2 rings (SSSR count). The number of rotatable bonds is 6. The lowest BCUT2D eigenvalue weighted by Gasteiger charge is -2.28. The van der Waals surface area contributed by atoms with Gasteiger partial charge in [0.1, 0.15) is 6.04 Å². The van der Waals surface area contributed by atoms with Crippen molar-refractivity contribution in [3.63, 3.8) is 0 Å². The third-order valence-corrected chi connectivity index (χ3v) is 6.14. The number of halogens is 2. The van der Waals surface area contributed by atoms with E-state index in [0.717, 1.165) is 12.1 Å². The smallest absolute Gasteiger partial charge is 0.335 e. The minimum absolute atomic E-state index is 0.0186.